The van der Waals surface area contributed by atoms with Crippen LogP contribution in [-0.2, 0) is 0 Å². The lowest BCUT2D eigenvalue weighted by molar-refractivity contribution is -0.126. The van der Waals surface area contributed by atoms with Crippen LogP contribution < -0.4 is 5.32 Å². The van der Waals surface area contributed by atoms with Gasteiger partial charge < -0.3 is 5.32 Å². The molecule has 0 aliphatic rings. The van der Waals surface area contributed by atoms with Crippen LogP contribution in [0.3, 0.4) is 0 Å². The Bertz CT molecular complexity index is 145. The average Bonchev–Trinajstić information content (AvgIpc) is 2.09. The lowest BCUT2D eigenvalue weighted by atomic mass is 10.0. The van der Waals surface area contributed by atoms with Crippen LogP contribution in [0.4, 0.5) is 13.2 Å². The van der Waals surface area contributed by atoms with Crippen LogP contribution in [-0.4, -0.2) is 18.8 Å². The Labute approximate surface area is 84.1 Å². The summed E-state index contributed by atoms with van der Waals surface area (Å²) < 4.78 is 35.5. The number of hydrogen-bond acceptors (Lipinski definition) is 1. The maximum Gasteiger partial charge on any atom is 0.401 e. The third-order valence-corrected chi connectivity index (χ3v) is 2.44. The number of nitrogens with one attached hydrogen (secondary N) is 1. The van der Waals surface area contributed by atoms with Crippen LogP contribution in [0.15, 0.2) is 0 Å². The number of halogens is 3. The average molecular weight is 211 g/mol. The summed E-state index contributed by atoms with van der Waals surface area (Å²) in [4.78, 5) is 0. The van der Waals surface area contributed by atoms with Gasteiger partial charge in [0, 0.05) is 6.04 Å². The van der Waals surface area contributed by atoms with Gasteiger partial charge in [0.1, 0.15) is 0 Å². The zero-order chi connectivity index (χ0) is 11.2. The summed E-state index contributed by atoms with van der Waals surface area (Å²) >= 11 is 0. The number of hydrogen-bond donors (Lipinski definition) is 1. The second-order valence-electron chi connectivity index (χ2n) is 3.99. The lowest BCUT2D eigenvalue weighted by Crippen LogP contribution is -2.35. The predicted molar refractivity (Wildman–Crippen MR) is 52.2 cm³/mol. The van der Waals surface area contributed by atoms with E-state index in [0.29, 0.717) is 5.92 Å². The van der Waals surface area contributed by atoms with Crippen LogP contribution in [0, 0.1) is 5.92 Å². The molecule has 2 unspecified atom stereocenters. The van der Waals surface area contributed by atoms with Crippen LogP contribution in [0.25, 0.3) is 0 Å². The fourth-order valence-electron chi connectivity index (χ4n) is 1.13. The van der Waals surface area contributed by atoms with Crippen molar-refractivity contribution in [3.05, 3.63) is 0 Å². The summed E-state index contributed by atoms with van der Waals surface area (Å²) in [6.07, 6.45) is -1.20. The Morgan fingerprint density at radius 2 is 1.71 bits per heavy atom. The highest BCUT2D eigenvalue weighted by Crippen LogP contribution is 2.14. The van der Waals surface area contributed by atoms with Crippen molar-refractivity contribution in [1.82, 2.24) is 5.32 Å². The van der Waals surface area contributed by atoms with Crippen molar-refractivity contribution in [3.63, 3.8) is 0 Å². The predicted octanol–water partition coefficient (Wildman–Crippen LogP) is 3.35. The summed E-state index contributed by atoms with van der Waals surface area (Å²) in [6, 6.07) is -0.0503. The van der Waals surface area contributed by atoms with E-state index in [2.05, 4.69) is 19.2 Å². The smallest absolute Gasteiger partial charge is 0.306 e. The Morgan fingerprint density at radius 1 is 1.14 bits per heavy atom. The fourth-order valence-corrected chi connectivity index (χ4v) is 1.13. The summed E-state index contributed by atoms with van der Waals surface area (Å²) in [6.45, 7) is 5.14. The van der Waals surface area contributed by atoms with Gasteiger partial charge in [0.2, 0.25) is 0 Å². The zero-order valence-electron chi connectivity index (χ0n) is 9.12. The molecule has 0 rings (SSSR count). The van der Waals surface area contributed by atoms with Gasteiger partial charge >= 0.3 is 6.18 Å². The molecule has 1 N–H and O–H groups in total. The highest BCUT2D eigenvalue weighted by atomic mass is 19.4. The van der Waals surface area contributed by atoms with Crippen LogP contribution >= 0.6 is 0 Å². The second kappa shape index (κ2) is 6.27. The first-order valence-electron chi connectivity index (χ1n) is 5.15. The molecular weight excluding hydrogens is 191 g/mol. The van der Waals surface area contributed by atoms with Crippen LogP contribution in [0.1, 0.15) is 40.0 Å². The van der Waals surface area contributed by atoms with Crippen LogP contribution in [0.5, 0.6) is 0 Å². The van der Waals surface area contributed by atoms with E-state index in [1.165, 1.54) is 0 Å². The van der Waals surface area contributed by atoms with Gasteiger partial charge in [0.05, 0.1) is 6.54 Å². The molecule has 0 aliphatic carbocycles. The lowest BCUT2D eigenvalue weighted by Gasteiger charge is -2.17. The van der Waals surface area contributed by atoms with Crippen molar-refractivity contribution in [1.29, 1.82) is 0 Å². The number of rotatable bonds is 6. The van der Waals surface area contributed by atoms with Gasteiger partial charge in [-0.05, 0) is 25.7 Å². The largest absolute Gasteiger partial charge is 0.401 e. The van der Waals surface area contributed by atoms with E-state index in [-0.39, 0.29) is 6.04 Å². The molecule has 0 radical (unpaired) electrons. The van der Waals surface area contributed by atoms with Crippen molar-refractivity contribution in [2.45, 2.75) is 52.3 Å². The Morgan fingerprint density at radius 3 is 2.14 bits per heavy atom. The first-order chi connectivity index (χ1) is 6.35. The van der Waals surface area contributed by atoms with Crippen molar-refractivity contribution in [2.24, 2.45) is 5.92 Å². The monoisotopic (exact) mass is 211 g/mol. The van der Waals surface area contributed by atoms with E-state index in [1.54, 1.807) is 6.92 Å². The van der Waals surface area contributed by atoms with E-state index in [4.69, 9.17) is 0 Å². The van der Waals surface area contributed by atoms with E-state index in [9.17, 15) is 13.2 Å². The van der Waals surface area contributed by atoms with E-state index < -0.39 is 12.7 Å². The first kappa shape index (κ1) is 13.8. The SMILES string of the molecule is CCC(C)CCC(C)NCC(F)(F)F. The minimum atomic E-state index is -4.09. The van der Waals surface area contributed by atoms with Crippen molar-refractivity contribution >= 4 is 0 Å². The third kappa shape index (κ3) is 8.35. The first-order valence-corrected chi connectivity index (χ1v) is 5.15. The van der Waals surface area contributed by atoms with Gasteiger partial charge in [-0.2, -0.15) is 13.2 Å². The molecule has 14 heavy (non-hydrogen) atoms. The van der Waals surface area contributed by atoms with Crippen LogP contribution in [0.2, 0.25) is 0 Å². The third-order valence-electron chi connectivity index (χ3n) is 2.44. The van der Waals surface area contributed by atoms with Gasteiger partial charge in [0.15, 0.2) is 0 Å². The molecular formula is C10H20F3N. The molecule has 0 heterocycles. The van der Waals surface area contributed by atoms with E-state index in [0.717, 1.165) is 19.3 Å². The Balaban J connectivity index is 3.51. The molecule has 0 aliphatic heterocycles. The van der Waals surface area contributed by atoms with Crippen molar-refractivity contribution in [2.75, 3.05) is 6.54 Å². The normalized spacial score (nSPS) is 16.7. The molecule has 1 nitrogen and oxygen atoms in total. The molecule has 86 valence electrons. The Kier molecular flexibility index (Phi) is 6.16. The number of alkyl halides is 3. The van der Waals surface area contributed by atoms with Gasteiger partial charge in [-0.15, -0.1) is 0 Å². The maximum absolute atomic E-state index is 11.8. The summed E-state index contributed by atoms with van der Waals surface area (Å²) in [5.74, 6) is 0.602. The molecule has 4 heteroatoms. The van der Waals surface area contributed by atoms with Crippen molar-refractivity contribution < 1.29 is 13.2 Å². The molecule has 0 amide bonds. The van der Waals surface area contributed by atoms with Gasteiger partial charge in [-0.1, -0.05) is 20.3 Å². The molecule has 0 fully saturated rings. The van der Waals surface area contributed by atoms with E-state index >= 15 is 0 Å². The maximum atomic E-state index is 11.8. The minimum Gasteiger partial charge on any atom is -0.306 e. The highest BCUT2D eigenvalue weighted by Gasteiger charge is 2.27. The fraction of sp³-hybridized carbons (Fsp3) is 1.00. The van der Waals surface area contributed by atoms with Gasteiger partial charge in [-0.3, -0.25) is 0 Å². The zero-order valence-corrected chi connectivity index (χ0v) is 9.12. The topological polar surface area (TPSA) is 12.0 Å². The molecule has 0 aromatic heterocycles. The molecule has 2 atom stereocenters. The quantitative estimate of drug-likeness (QED) is 0.710. The Hall–Kier alpha value is -0.250. The molecule has 0 saturated carbocycles. The molecule has 0 saturated heterocycles. The van der Waals surface area contributed by atoms with E-state index in [1.807, 2.05) is 0 Å². The minimum absolute atomic E-state index is 0.0503. The summed E-state index contributed by atoms with van der Waals surface area (Å²) in [5.41, 5.74) is 0. The summed E-state index contributed by atoms with van der Waals surface area (Å²) in [7, 11) is 0. The highest BCUT2D eigenvalue weighted by molar-refractivity contribution is 4.65. The molecule has 0 aromatic rings. The second-order valence-corrected chi connectivity index (χ2v) is 3.99. The molecule has 0 spiro atoms. The van der Waals surface area contributed by atoms with Gasteiger partial charge in [-0.25, -0.2) is 0 Å². The standard InChI is InChI=1S/C10H20F3N/c1-4-8(2)5-6-9(3)14-7-10(11,12)13/h8-9,14H,4-7H2,1-3H3. The van der Waals surface area contributed by atoms with Crippen molar-refractivity contribution in [3.8, 4) is 0 Å². The summed E-state index contributed by atoms with van der Waals surface area (Å²) in [5, 5.41) is 2.48. The molecule has 0 aromatic carbocycles. The van der Waals surface area contributed by atoms with Gasteiger partial charge in [0.25, 0.3) is 0 Å². The molecule has 0 bridgehead atoms.